The summed E-state index contributed by atoms with van der Waals surface area (Å²) in [6.45, 7) is 6.39. The first-order chi connectivity index (χ1) is 7.15. The van der Waals surface area contributed by atoms with E-state index in [1.165, 1.54) is 0 Å². The molecule has 15 heavy (non-hydrogen) atoms. The van der Waals surface area contributed by atoms with Gasteiger partial charge in [0, 0.05) is 17.7 Å². The molecule has 3 N–H and O–H groups in total. The third kappa shape index (κ3) is 4.05. The van der Waals surface area contributed by atoms with Crippen molar-refractivity contribution in [1.82, 2.24) is 9.97 Å². The zero-order valence-corrected chi connectivity index (χ0v) is 10.3. The maximum absolute atomic E-state index is 5.37. The van der Waals surface area contributed by atoms with Crippen LogP contribution >= 0.6 is 11.8 Å². The topological polar surface area (TPSA) is 63.8 Å². The number of nitrogen functional groups attached to an aromatic ring is 1. The highest BCUT2D eigenvalue weighted by molar-refractivity contribution is 7.99. The Hall–Kier alpha value is -0.810. The number of nitrogens with one attached hydrogen (secondary N) is 1. The summed E-state index contributed by atoms with van der Waals surface area (Å²) in [5.41, 5.74) is 2.57. The van der Waals surface area contributed by atoms with Crippen molar-refractivity contribution in [3.63, 3.8) is 0 Å². The van der Waals surface area contributed by atoms with E-state index in [0.29, 0.717) is 11.1 Å². The van der Waals surface area contributed by atoms with Crippen LogP contribution in [0.2, 0.25) is 0 Å². The van der Waals surface area contributed by atoms with Crippen LogP contribution in [0.1, 0.15) is 33.0 Å². The minimum absolute atomic E-state index is 0.514. The number of nitrogens with zero attached hydrogens (tertiary/aromatic N) is 2. The smallest absolute Gasteiger partial charge is 0.144 e. The molecule has 0 aliphatic heterocycles. The van der Waals surface area contributed by atoms with Crippen LogP contribution in [0.3, 0.4) is 0 Å². The van der Waals surface area contributed by atoms with Crippen LogP contribution < -0.4 is 11.3 Å². The molecule has 0 aliphatic carbocycles. The number of aryl methyl sites for hydroxylation is 1. The number of hydrogen-bond donors (Lipinski definition) is 2. The summed E-state index contributed by atoms with van der Waals surface area (Å²) in [7, 11) is 0. The van der Waals surface area contributed by atoms with Gasteiger partial charge in [0.05, 0.1) is 0 Å². The summed E-state index contributed by atoms with van der Waals surface area (Å²) in [5.74, 6) is 6.91. The number of hydrogen-bond acceptors (Lipinski definition) is 5. The molecule has 0 unspecified atom stereocenters. The molecule has 0 spiro atoms. The second kappa shape index (κ2) is 5.92. The lowest BCUT2D eigenvalue weighted by Gasteiger charge is -2.08. The lowest BCUT2D eigenvalue weighted by atomic mass is 10.3. The van der Waals surface area contributed by atoms with Crippen LogP contribution in [-0.4, -0.2) is 15.2 Å². The molecule has 84 valence electrons. The van der Waals surface area contributed by atoms with Gasteiger partial charge in [-0.3, -0.25) is 0 Å². The zero-order valence-electron chi connectivity index (χ0n) is 9.45. The Morgan fingerprint density at radius 1 is 1.47 bits per heavy atom. The highest BCUT2D eigenvalue weighted by Gasteiger charge is 2.05. The minimum atomic E-state index is 0.514. The molecule has 0 radical (unpaired) electrons. The van der Waals surface area contributed by atoms with Gasteiger partial charge in [0.2, 0.25) is 0 Å². The van der Waals surface area contributed by atoms with Gasteiger partial charge in [0.15, 0.2) is 0 Å². The molecule has 1 heterocycles. The van der Waals surface area contributed by atoms with E-state index in [-0.39, 0.29) is 0 Å². The first kappa shape index (κ1) is 12.3. The van der Waals surface area contributed by atoms with Crippen LogP contribution in [0.5, 0.6) is 0 Å². The van der Waals surface area contributed by atoms with E-state index in [9.17, 15) is 0 Å². The Morgan fingerprint density at radius 3 is 2.73 bits per heavy atom. The summed E-state index contributed by atoms with van der Waals surface area (Å²) < 4.78 is 0. The van der Waals surface area contributed by atoms with Gasteiger partial charge in [-0.2, -0.15) is 0 Å². The van der Waals surface area contributed by atoms with Gasteiger partial charge in [0.1, 0.15) is 16.7 Å². The number of nitrogens with two attached hydrogens (primary N) is 1. The summed E-state index contributed by atoms with van der Waals surface area (Å²) in [6.07, 6.45) is 1.93. The van der Waals surface area contributed by atoms with Crippen molar-refractivity contribution < 1.29 is 0 Å². The summed E-state index contributed by atoms with van der Waals surface area (Å²) in [4.78, 5) is 8.76. The van der Waals surface area contributed by atoms with Crippen molar-refractivity contribution in [2.24, 2.45) is 5.84 Å². The predicted octanol–water partition coefficient (Wildman–Crippen LogP) is 2.22. The maximum Gasteiger partial charge on any atom is 0.144 e. The lowest BCUT2D eigenvalue weighted by molar-refractivity contribution is 0.809. The molecular formula is C10H18N4S. The molecule has 1 rings (SSSR count). The third-order valence-corrected chi connectivity index (χ3v) is 2.65. The molecule has 0 saturated heterocycles. The van der Waals surface area contributed by atoms with Crippen LogP contribution in [-0.2, 0) is 6.42 Å². The molecule has 0 aromatic carbocycles. The normalized spacial score (nSPS) is 10.7. The third-order valence-electron chi connectivity index (χ3n) is 1.73. The van der Waals surface area contributed by atoms with E-state index in [2.05, 4.69) is 36.2 Å². The van der Waals surface area contributed by atoms with Crippen molar-refractivity contribution in [2.45, 2.75) is 43.9 Å². The Morgan fingerprint density at radius 2 is 2.20 bits per heavy atom. The Labute approximate surface area is 95.0 Å². The van der Waals surface area contributed by atoms with Crippen molar-refractivity contribution >= 4 is 17.6 Å². The van der Waals surface area contributed by atoms with Crippen molar-refractivity contribution in [3.8, 4) is 0 Å². The van der Waals surface area contributed by atoms with Gasteiger partial charge in [0.25, 0.3) is 0 Å². The van der Waals surface area contributed by atoms with E-state index >= 15 is 0 Å². The van der Waals surface area contributed by atoms with Gasteiger partial charge in [-0.25, -0.2) is 15.8 Å². The standard InChI is InChI=1S/C10H18N4S/c1-4-5-8-12-9(14-11)6-10(13-8)15-7(2)3/h6-7H,4-5,11H2,1-3H3,(H,12,13,14). The minimum Gasteiger partial charge on any atom is -0.308 e. The van der Waals surface area contributed by atoms with Gasteiger partial charge in [-0.1, -0.05) is 20.8 Å². The van der Waals surface area contributed by atoms with E-state index < -0.39 is 0 Å². The highest BCUT2D eigenvalue weighted by Crippen LogP contribution is 2.22. The molecule has 0 saturated carbocycles. The van der Waals surface area contributed by atoms with E-state index in [1.54, 1.807) is 11.8 Å². The van der Waals surface area contributed by atoms with Crippen LogP contribution in [0.15, 0.2) is 11.1 Å². The van der Waals surface area contributed by atoms with Crippen LogP contribution in [0.4, 0.5) is 5.82 Å². The fourth-order valence-corrected chi connectivity index (χ4v) is 2.00. The molecule has 0 aliphatic rings. The molecule has 4 nitrogen and oxygen atoms in total. The van der Waals surface area contributed by atoms with Crippen LogP contribution in [0, 0.1) is 0 Å². The van der Waals surface area contributed by atoms with Gasteiger partial charge in [-0.05, 0) is 6.42 Å². The Bertz CT molecular complexity index is 314. The number of rotatable bonds is 5. The highest BCUT2D eigenvalue weighted by atomic mass is 32.2. The number of thioether (sulfide) groups is 1. The molecular weight excluding hydrogens is 208 g/mol. The number of aromatic nitrogens is 2. The molecule has 0 fully saturated rings. The largest absolute Gasteiger partial charge is 0.308 e. The molecule has 0 atom stereocenters. The van der Waals surface area contributed by atoms with E-state index in [4.69, 9.17) is 5.84 Å². The Kier molecular flexibility index (Phi) is 4.84. The Balaban J connectivity index is 2.89. The first-order valence-corrected chi connectivity index (χ1v) is 6.05. The maximum atomic E-state index is 5.37. The number of anilines is 1. The fourth-order valence-electron chi connectivity index (χ4n) is 1.18. The summed E-state index contributed by atoms with van der Waals surface area (Å²) in [5, 5.41) is 1.50. The quantitative estimate of drug-likeness (QED) is 0.349. The fraction of sp³-hybridized carbons (Fsp3) is 0.600. The van der Waals surface area contributed by atoms with Gasteiger partial charge < -0.3 is 5.43 Å². The summed E-state index contributed by atoms with van der Waals surface area (Å²) >= 11 is 1.72. The molecule has 5 heteroatoms. The molecule has 0 amide bonds. The lowest BCUT2D eigenvalue weighted by Crippen LogP contribution is -2.11. The number of hydrazine groups is 1. The average molecular weight is 226 g/mol. The van der Waals surface area contributed by atoms with Crippen molar-refractivity contribution in [3.05, 3.63) is 11.9 Å². The van der Waals surface area contributed by atoms with E-state index in [1.807, 2.05) is 6.07 Å². The molecule has 1 aromatic heterocycles. The van der Waals surface area contributed by atoms with Gasteiger partial charge >= 0.3 is 0 Å². The second-order valence-corrected chi connectivity index (χ2v) is 5.17. The first-order valence-electron chi connectivity index (χ1n) is 5.17. The van der Waals surface area contributed by atoms with Crippen LogP contribution in [0.25, 0.3) is 0 Å². The van der Waals surface area contributed by atoms with Crippen molar-refractivity contribution in [1.29, 1.82) is 0 Å². The van der Waals surface area contributed by atoms with Crippen molar-refractivity contribution in [2.75, 3.05) is 5.43 Å². The molecule has 1 aromatic rings. The predicted molar refractivity (Wildman–Crippen MR) is 64.8 cm³/mol. The van der Waals surface area contributed by atoms with E-state index in [0.717, 1.165) is 23.7 Å². The zero-order chi connectivity index (χ0) is 11.3. The second-order valence-electron chi connectivity index (χ2n) is 3.57. The monoisotopic (exact) mass is 226 g/mol. The SMILES string of the molecule is CCCc1nc(NN)cc(SC(C)C)n1. The molecule has 0 bridgehead atoms. The summed E-state index contributed by atoms with van der Waals surface area (Å²) in [6, 6.07) is 1.88. The van der Waals surface area contributed by atoms with Gasteiger partial charge in [-0.15, -0.1) is 11.8 Å². The average Bonchev–Trinajstić information content (AvgIpc) is 2.16.